The molecule has 1 N–H and O–H groups in total. The minimum absolute atomic E-state index is 0.0713. The van der Waals surface area contributed by atoms with Crippen LogP contribution in [0.2, 0.25) is 0 Å². The molecule has 0 aromatic heterocycles. The monoisotopic (exact) mass is 423 g/mol. The Labute approximate surface area is 182 Å². The lowest BCUT2D eigenvalue weighted by Crippen LogP contribution is -2.49. The number of nitrogens with one attached hydrogen (secondary N) is 1. The Kier molecular flexibility index (Phi) is 6.42. The fourth-order valence-corrected chi connectivity index (χ4v) is 4.05. The molecular formula is C24H29N3O4. The topological polar surface area (TPSA) is 71.1 Å². The van der Waals surface area contributed by atoms with Gasteiger partial charge in [0.15, 0.2) is 11.5 Å². The highest BCUT2D eigenvalue weighted by atomic mass is 16.7. The van der Waals surface area contributed by atoms with Crippen LogP contribution in [0, 0.1) is 6.92 Å². The number of ether oxygens (including phenoxy) is 2. The van der Waals surface area contributed by atoms with Crippen molar-refractivity contribution in [3.63, 3.8) is 0 Å². The second kappa shape index (κ2) is 9.39. The van der Waals surface area contributed by atoms with Gasteiger partial charge in [0.1, 0.15) is 0 Å². The van der Waals surface area contributed by atoms with Gasteiger partial charge in [-0.3, -0.25) is 14.5 Å². The van der Waals surface area contributed by atoms with Crippen LogP contribution in [0.25, 0.3) is 0 Å². The molecule has 2 amide bonds. The third kappa shape index (κ3) is 5.35. The van der Waals surface area contributed by atoms with Gasteiger partial charge in [0.25, 0.3) is 0 Å². The highest BCUT2D eigenvalue weighted by molar-refractivity contribution is 5.79. The molecule has 1 atom stereocenters. The van der Waals surface area contributed by atoms with Crippen LogP contribution < -0.4 is 14.8 Å². The molecule has 7 nitrogen and oxygen atoms in total. The molecule has 0 spiro atoms. The number of piperazine rings is 1. The molecule has 0 bridgehead atoms. The summed E-state index contributed by atoms with van der Waals surface area (Å²) < 4.78 is 10.8. The fourth-order valence-electron chi connectivity index (χ4n) is 4.05. The minimum atomic E-state index is -0.308. The van der Waals surface area contributed by atoms with Gasteiger partial charge in [0.2, 0.25) is 18.6 Å². The van der Waals surface area contributed by atoms with Crippen LogP contribution in [0.3, 0.4) is 0 Å². The second-order valence-corrected chi connectivity index (χ2v) is 8.21. The first-order valence-electron chi connectivity index (χ1n) is 10.7. The van der Waals surface area contributed by atoms with Gasteiger partial charge in [-0.15, -0.1) is 0 Å². The number of aryl methyl sites for hydroxylation is 1. The van der Waals surface area contributed by atoms with Crippen molar-refractivity contribution in [2.45, 2.75) is 32.9 Å². The van der Waals surface area contributed by atoms with Gasteiger partial charge in [-0.05, 0) is 30.2 Å². The molecule has 2 aliphatic rings. The summed E-state index contributed by atoms with van der Waals surface area (Å²) >= 11 is 0. The molecule has 1 saturated heterocycles. The number of carbonyl (C=O) groups excluding carboxylic acids is 2. The van der Waals surface area contributed by atoms with Crippen LogP contribution in [0.5, 0.6) is 11.5 Å². The predicted octanol–water partition coefficient (Wildman–Crippen LogP) is 2.64. The molecule has 0 aliphatic carbocycles. The highest BCUT2D eigenvalue weighted by Crippen LogP contribution is 2.32. The lowest BCUT2D eigenvalue weighted by molar-refractivity contribution is -0.133. The van der Waals surface area contributed by atoms with Crippen molar-refractivity contribution in [1.82, 2.24) is 15.1 Å². The summed E-state index contributed by atoms with van der Waals surface area (Å²) in [5, 5.41) is 2.93. The van der Waals surface area contributed by atoms with E-state index in [0.717, 1.165) is 42.3 Å². The van der Waals surface area contributed by atoms with Crippen molar-refractivity contribution in [1.29, 1.82) is 0 Å². The number of carbonyl (C=O) groups is 2. The number of nitrogens with zero attached hydrogens (tertiary/aromatic N) is 2. The number of amides is 2. The maximum atomic E-state index is 12.9. The van der Waals surface area contributed by atoms with E-state index in [1.165, 1.54) is 12.5 Å². The number of hydrogen-bond acceptors (Lipinski definition) is 5. The first kappa shape index (κ1) is 21.2. The van der Waals surface area contributed by atoms with Gasteiger partial charge in [0.05, 0.1) is 12.5 Å². The SMILES string of the molecule is CC(=O)N[C@H](CC(=O)N1CCN(Cc2ccc3c(c2)OCO3)CC1)c1ccc(C)cc1. The summed E-state index contributed by atoms with van der Waals surface area (Å²) in [7, 11) is 0. The van der Waals surface area contributed by atoms with Crippen molar-refractivity contribution < 1.29 is 19.1 Å². The molecule has 0 radical (unpaired) electrons. The van der Waals surface area contributed by atoms with E-state index in [4.69, 9.17) is 9.47 Å². The number of benzene rings is 2. The van der Waals surface area contributed by atoms with Crippen LogP contribution in [0.15, 0.2) is 42.5 Å². The molecule has 0 saturated carbocycles. The van der Waals surface area contributed by atoms with E-state index in [1.54, 1.807) is 0 Å². The van der Waals surface area contributed by atoms with Crippen LogP contribution in [0.1, 0.15) is 36.1 Å². The molecule has 31 heavy (non-hydrogen) atoms. The number of fused-ring (bicyclic) bond motifs is 1. The standard InChI is InChI=1S/C24H29N3O4/c1-17-3-6-20(7-4-17)21(25-18(2)28)14-24(29)27-11-9-26(10-12-27)15-19-5-8-22-23(13-19)31-16-30-22/h3-8,13,21H,9-12,14-16H2,1-2H3,(H,25,28)/t21-/m1/s1. The van der Waals surface area contributed by atoms with E-state index in [0.29, 0.717) is 13.1 Å². The Morgan fingerprint density at radius 3 is 2.42 bits per heavy atom. The first-order chi connectivity index (χ1) is 15.0. The zero-order valence-electron chi connectivity index (χ0n) is 18.1. The average molecular weight is 424 g/mol. The third-order valence-electron chi connectivity index (χ3n) is 5.80. The predicted molar refractivity (Wildman–Crippen MR) is 117 cm³/mol. The van der Waals surface area contributed by atoms with E-state index in [1.807, 2.05) is 48.2 Å². The Balaban J connectivity index is 1.31. The quantitative estimate of drug-likeness (QED) is 0.774. The fraction of sp³-hybridized carbons (Fsp3) is 0.417. The van der Waals surface area contributed by atoms with E-state index in [-0.39, 0.29) is 31.1 Å². The van der Waals surface area contributed by atoms with Crippen LogP contribution in [-0.2, 0) is 16.1 Å². The van der Waals surface area contributed by atoms with Crippen LogP contribution in [0.4, 0.5) is 0 Å². The van der Waals surface area contributed by atoms with Crippen molar-refractivity contribution in [2.75, 3.05) is 33.0 Å². The summed E-state index contributed by atoms with van der Waals surface area (Å²) in [5.74, 6) is 1.53. The summed E-state index contributed by atoms with van der Waals surface area (Å²) in [6.45, 7) is 7.60. The molecular weight excluding hydrogens is 394 g/mol. The lowest BCUT2D eigenvalue weighted by Gasteiger charge is -2.35. The van der Waals surface area contributed by atoms with E-state index >= 15 is 0 Å². The van der Waals surface area contributed by atoms with Crippen molar-refractivity contribution in [2.24, 2.45) is 0 Å². The van der Waals surface area contributed by atoms with E-state index in [2.05, 4.69) is 16.3 Å². The summed E-state index contributed by atoms with van der Waals surface area (Å²) in [4.78, 5) is 28.9. The van der Waals surface area contributed by atoms with E-state index in [9.17, 15) is 9.59 Å². The van der Waals surface area contributed by atoms with Crippen molar-refractivity contribution >= 4 is 11.8 Å². The number of hydrogen-bond donors (Lipinski definition) is 1. The Hall–Kier alpha value is -3.06. The molecule has 2 heterocycles. The molecule has 7 heteroatoms. The highest BCUT2D eigenvalue weighted by Gasteiger charge is 2.25. The molecule has 0 unspecified atom stereocenters. The smallest absolute Gasteiger partial charge is 0.231 e. The summed E-state index contributed by atoms with van der Waals surface area (Å²) in [5.41, 5.74) is 3.28. The molecule has 4 rings (SSSR count). The van der Waals surface area contributed by atoms with Gasteiger partial charge in [0, 0.05) is 39.6 Å². The van der Waals surface area contributed by atoms with Crippen LogP contribution in [-0.4, -0.2) is 54.6 Å². The second-order valence-electron chi connectivity index (χ2n) is 8.21. The molecule has 2 aromatic carbocycles. The maximum absolute atomic E-state index is 12.9. The van der Waals surface area contributed by atoms with E-state index < -0.39 is 0 Å². The molecule has 2 aromatic rings. The molecule has 164 valence electrons. The summed E-state index contributed by atoms with van der Waals surface area (Å²) in [6.07, 6.45) is 0.269. The largest absolute Gasteiger partial charge is 0.454 e. The normalized spacial score (nSPS) is 16.8. The maximum Gasteiger partial charge on any atom is 0.231 e. The van der Waals surface area contributed by atoms with Crippen molar-refractivity contribution in [3.05, 3.63) is 59.2 Å². The minimum Gasteiger partial charge on any atom is -0.454 e. The first-order valence-corrected chi connectivity index (χ1v) is 10.7. The lowest BCUT2D eigenvalue weighted by atomic mass is 10.0. The van der Waals surface area contributed by atoms with Gasteiger partial charge in [-0.2, -0.15) is 0 Å². The average Bonchev–Trinajstić information content (AvgIpc) is 3.22. The summed E-state index contributed by atoms with van der Waals surface area (Å²) in [6, 6.07) is 13.7. The Morgan fingerprint density at radius 2 is 1.71 bits per heavy atom. The Morgan fingerprint density at radius 1 is 1.00 bits per heavy atom. The van der Waals surface area contributed by atoms with Gasteiger partial charge in [-0.1, -0.05) is 35.9 Å². The van der Waals surface area contributed by atoms with Crippen LogP contribution >= 0.6 is 0 Å². The number of rotatable bonds is 6. The zero-order valence-corrected chi connectivity index (χ0v) is 18.1. The van der Waals surface area contributed by atoms with Gasteiger partial charge >= 0.3 is 0 Å². The molecule has 1 fully saturated rings. The molecule has 2 aliphatic heterocycles. The third-order valence-corrected chi connectivity index (χ3v) is 5.80. The zero-order chi connectivity index (χ0) is 21.8. The van der Waals surface area contributed by atoms with Gasteiger partial charge < -0.3 is 19.7 Å². The van der Waals surface area contributed by atoms with Gasteiger partial charge in [-0.25, -0.2) is 0 Å². The Bertz CT molecular complexity index is 936. The van der Waals surface area contributed by atoms with Crippen molar-refractivity contribution in [3.8, 4) is 11.5 Å².